The fraction of sp³-hybridized carbons (Fsp3) is 0.538. The Morgan fingerprint density at radius 3 is 2.85 bits per heavy atom. The van der Waals surface area contributed by atoms with Crippen molar-refractivity contribution in [3.05, 3.63) is 22.7 Å². The van der Waals surface area contributed by atoms with Gasteiger partial charge >= 0.3 is 0 Å². The van der Waals surface area contributed by atoms with Gasteiger partial charge in [0.15, 0.2) is 0 Å². The molecule has 1 aliphatic rings. The van der Waals surface area contributed by atoms with Gasteiger partial charge in [0, 0.05) is 23.6 Å². The van der Waals surface area contributed by atoms with E-state index < -0.39 is 10.0 Å². The Morgan fingerprint density at radius 2 is 2.25 bits per heavy atom. The van der Waals surface area contributed by atoms with E-state index in [1.807, 2.05) is 14.0 Å². The van der Waals surface area contributed by atoms with Crippen molar-refractivity contribution in [3.63, 3.8) is 0 Å². The lowest BCUT2D eigenvalue weighted by Gasteiger charge is -2.19. The molecule has 1 saturated heterocycles. The van der Waals surface area contributed by atoms with E-state index in [0.717, 1.165) is 10.9 Å². The van der Waals surface area contributed by atoms with Crippen molar-refractivity contribution >= 4 is 26.0 Å². The normalized spacial score (nSPS) is 20.2. The van der Waals surface area contributed by atoms with Crippen molar-refractivity contribution in [3.8, 4) is 5.75 Å². The molecule has 1 fully saturated rings. The number of benzene rings is 1. The third-order valence-corrected chi connectivity index (χ3v) is 5.76. The van der Waals surface area contributed by atoms with Crippen LogP contribution in [0.5, 0.6) is 5.75 Å². The van der Waals surface area contributed by atoms with E-state index in [-0.39, 0.29) is 10.9 Å². The van der Waals surface area contributed by atoms with Crippen LogP contribution in [0.25, 0.3) is 0 Å². The zero-order chi connectivity index (χ0) is 14.8. The highest BCUT2D eigenvalue weighted by molar-refractivity contribution is 9.10. The molecule has 2 rings (SSSR count). The Labute approximate surface area is 128 Å². The zero-order valence-corrected chi connectivity index (χ0v) is 14.0. The second kappa shape index (κ2) is 6.43. The molecule has 5 nitrogen and oxygen atoms in total. The summed E-state index contributed by atoms with van der Waals surface area (Å²) in [6.45, 7) is 3.30. The van der Waals surface area contributed by atoms with Gasteiger partial charge in [-0.05, 0) is 38.6 Å². The Balaban J connectivity index is 2.36. The monoisotopic (exact) mass is 362 g/mol. The molecule has 1 aliphatic heterocycles. The molecule has 0 radical (unpaired) electrons. The molecule has 0 aromatic heterocycles. The first kappa shape index (κ1) is 15.8. The van der Waals surface area contributed by atoms with Crippen molar-refractivity contribution in [1.82, 2.24) is 9.62 Å². The highest BCUT2D eigenvalue weighted by atomic mass is 79.9. The van der Waals surface area contributed by atoms with E-state index in [1.165, 1.54) is 4.31 Å². The summed E-state index contributed by atoms with van der Waals surface area (Å²) in [5, 5.41) is 3.12. The predicted molar refractivity (Wildman–Crippen MR) is 81.5 cm³/mol. The van der Waals surface area contributed by atoms with E-state index in [2.05, 4.69) is 21.2 Å². The number of ether oxygens (including phenoxy) is 1. The third kappa shape index (κ3) is 3.16. The van der Waals surface area contributed by atoms with Gasteiger partial charge in [-0.1, -0.05) is 15.9 Å². The van der Waals surface area contributed by atoms with Crippen molar-refractivity contribution in [2.24, 2.45) is 0 Å². The van der Waals surface area contributed by atoms with Crippen LogP contribution >= 0.6 is 15.9 Å². The van der Waals surface area contributed by atoms with Crippen LogP contribution in [0, 0.1) is 0 Å². The largest absolute Gasteiger partial charge is 0.492 e. The summed E-state index contributed by atoms with van der Waals surface area (Å²) in [5.74, 6) is 0.406. The average molecular weight is 363 g/mol. The van der Waals surface area contributed by atoms with Crippen LogP contribution in [0.2, 0.25) is 0 Å². The predicted octanol–water partition coefficient (Wildman–Crippen LogP) is 1.83. The number of hydrogen-bond acceptors (Lipinski definition) is 4. The van der Waals surface area contributed by atoms with Crippen LogP contribution in [-0.2, 0) is 10.0 Å². The Hall–Kier alpha value is -0.630. The van der Waals surface area contributed by atoms with Crippen molar-refractivity contribution in [2.45, 2.75) is 24.3 Å². The lowest BCUT2D eigenvalue weighted by Crippen LogP contribution is -2.33. The van der Waals surface area contributed by atoms with Crippen LogP contribution in [0.4, 0.5) is 0 Å². The lowest BCUT2D eigenvalue weighted by atomic mass is 10.3. The van der Waals surface area contributed by atoms with Gasteiger partial charge < -0.3 is 10.1 Å². The summed E-state index contributed by atoms with van der Waals surface area (Å²) >= 11 is 3.32. The van der Waals surface area contributed by atoms with Gasteiger partial charge in [-0.25, -0.2) is 8.42 Å². The molecule has 0 saturated carbocycles. The summed E-state index contributed by atoms with van der Waals surface area (Å²) in [4.78, 5) is 0.227. The number of nitrogens with one attached hydrogen (secondary N) is 1. The molecule has 1 aromatic carbocycles. The molecule has 1 aromatic rings. The fourth-order valence-electron chi connectivity index (χ4n) is 2.28. The molecule has 112 valence electrons. The highest BCUT2D eigenvalue weighted by Gasteiger charge is 2.33. The first-order valence-electron chi connectivity index (χ1n) is 6.58. The van der Waals surface area contributed by atoms with Crippen LogP contribution < -0.4 is 10.1 Å². The summed E-state index contributed by atoms with van der Waals surface area (Å²) < 4.78 is 33.2. The van der Waals surface area contributed by atoms with Gasteiger partial charge in [-0.2, -0.15) is 4.31 Å². The number of rotatable bonds is 5. The van der Waals surface area contributed by atoms with E-state index in [1.54, 1.807) is 18.2 Å². The Morgan fingerprint density at radius 1 is 1.50 bits per heavy atom. The molecule has 0 amide bonds. The van der Waals surface area contributed by atoms with E-state index in [0.29, 0.717) is 25.4 Å². The van der Waals surface area contributed by atoms with E-state index in [9.17, 15) is 8.42 Å². The topological polar surface area (TPSA) is 58.6 Å². The number of sulfonamides is 1. The summed E-state index contributed by atoms with van der Waals surface area (Å²) in [7, 11) is -1.67. The number of hydrogen-bond donors (Lipinski definition) is 1. The molecule has 20 heavy (non-hydrogen) atoms. The number of nitrogens with zero attached hydrogens (tertiary/aromatic N) is 1. The minimum Gasteiger partial charge on any atom is -0.492 e. The summed E-state index contributed by atoms with van der Waals surface area (Å²) in [6.07, 6.45) is 0.827. The number of halogens is 1. The Kier molecular flexibility index (Phi) is 5.06. The van der Waals surface area contributed by atoms with Crippen LogP contribution in [-0.4, -0.2) is 45.5 Å². The quantitative estimate of drug-likeness (QED) is 0.867. The molecule has 0 bridgehead atoms. The van der Waals surface area contributed by atoms with Gasteiger partial charge in [0.1, 0.15) is 10.6 Å². The standard InChI is InChI=1S/C13H19BrN2O3S/c1-3-19-12-5-4-10(14)8-13(12)20(17,18)16-7-6-11(9-16)15-2/h4-5,8,11,15H,3,6-7,9H2,1-2H3. The SMILES string of the molecule is CCOc1ccc(Br)cc1S(=O)(=O)N1CCC(NC)C1. The van der Waals surface area contributed by atoms with Gasteiger partial charge in [0.2, 0.25) is 10.0 Å². The summed E-state index contributed by atoms with van der Waals surface area (Å²) in [6, 6.07) is 5.29. The smallest absolute Gasteiger partial charge is 0.246 e. The molecular formula is C13H19BrN2O3S. The minimum absolute atomic E-state index is 0.215. The van der Waals surface area contributed by atoms with Crippen LogP contribution in [0.3, 0.4) is 0 Å². The molecule has 1 N–H and O–H groups in total. The van der Waals surface area contributed by atoms with Crippen LogP contribution in [0.1, 0.15) is 13.3 Å². The van der Waals surface area contributed by atoms with Crippen molar-refractivity contribution in [1.29, 1.82) is 0 Å². The minimum atomic E-state index is -3.52. The van der Waals surface area contributed by atoms with Crippen LogP contribution in [0.15, 0.2) is 27.6 Å². The third-order valence-electron chi connectivity index (χ3n) is 3.38. The van der Waals surface area contributed by atoms with Crippen molar-refractivity contribution in [2.75, 3.05) is 26.7 Å². The maximum atomic E-state index is 12.7. The van der Waals surface area contributed by atoms with E-state index >= 15 is 0 Å². The first-order chi connectivity index (χ1) is 9.48. The summed E-state index contributed by atoms with van der Waals surface area (Å²) in [5.41, 5.74) is 0. The van der Waals surface area contributed by atoms with Gasteiger partial charge in [-0.15, -0.1) is 0 Å². The molecule has 1 atom stereocenters. The second-order valence-electron chi connectivity index (χ2n) is 4.66. The van der Waals surface area contributed by atoms with Gasteiger partial charge in [0.05, 0.1) is 6.61 Å². The molecule has 0 spiro atoms. The first-order valence-corrected chi connectivity index (χ1v) is 8.82. The zero-order valence-electron chi connectivity index (χ0n) is 11.6. The molecular weight excluding hydrogens is 344 g/mol. The molecule has 1 unspecified atom stereocenters. The van der Waals surface area contributed by atoms with E-state index in [4.69, 9.17) is 4.74 Å². The lowest BCUT2D eigenvalue weighted by molar-refractivity contribution is 0.329. The highest BCUT2D eigenvalue weighted by Crippen LogP contribution is 2.31. The molecule has 1 heterocycles. The number of likely N-dealkylation sites (N-methyl/N-ethyl adjacent to an activating group) is 1. The maximum Gasteiger partial charge on any atom is 0.246 e. The molecule has 0 aliphatic carbocycles. The average Bonchev–Trinajstić information content (AvgIpc) is 2.90. The second-order valence-corrected chi connectivity index (χ2v) is 7.48. The van der Waals surface area contributed by atoms with Crippen molar-refractivity contribution < 1.29 is 13.2 Å². The van der Waals surface area contributed by atoms with Gasteiger partial charge in [-0.3, -0.25) is 0 Å². The fourth-order valence-corrected chi connectivity index (χ4v) is 4.45. The molecule has 7 heteroatoms. The van der Waals surface area contributed by atoms with Gasteiger partial charge in [0.25, 0.3) is 0 Å². The maximum absolute atomic E-state index is 12.7. The Bertz CT molecular complexity index is 577.